The van der Waals surface area contributed by atoms with Gasteiger partial charge in [0.15, 0.2) is 0 Å². The first-order chi connectivity index (χ1) is 22.6. The number of nitrogens with one attached hydrogen (secondary N) is 1. The Bertz CT molecular complexity index is 2080. The van der Waals surface area contributed by atoms with Crippen molar-refractivity contribution in [2.24, 2.45) is 0 Å². The zero-order valence-corrected chi connectivity index (χ0v) is 28.5. The molecule has 1 unspecified atom stereocenters. The maximum absolute atomic E-state index is 14.4. The van der Waals surface area contributed by atoms with Gasteiger partial charge in [-0.3, -0.25) is 9.36 Å². The molecule has 0 radical (unpaired) electrons. The van der Waals surface area contributed by atoms with Crippen molar-refractivity contribution in [1.29, 1.82) is 0 Å². The van der Waals surface area contributed by atoms with Crippen LogP contribution in [0.3, 0.4) is 0 Å². The van der Waals surface area contributed by atoms with Crippen LogP contribution in [0.5, 0.6) is 0 Å². The molecule has 244 valence electrons. The molecule has 11 nitrogen and oxygen atoms in total. The normalized spacial score (nSPS) is 18.5. The smallest absolute Gasteiger partial charge is 0.260 e. The summed E-state index contributed by atoms with van der Waals surface area (Å²) < 4.78 is 27.7. The van der Waals surface area contributed by atoms with Gasteiger partial charge in [0.25, 0.3) is 5.56 Å². The summed E-state index contributed by atoms with van der Waals surface area (Å²) in [4.78, 5) is 26.2. The summed E-state index contributed by atoms with van der Waals surface area (Å²) >= 11 is 8.19. The Morgan fingerprint density at radius 3 is 2.47 bits per heavy atom. The minimum absolute atomic E-state index is 0.243. The van der Waals surface area contributed by atoms with Crippen molar-refractivity contribution < 1.29 is 8.42 Å². The second kappa shape index (κ2) is 13.0. The molecule has 14 heteroatoms. The lowest BCUT2D eigenvalue weighted by Gasteiger charge is -2.32. The Labute approximate surface area is 282 Å². The summed E-state index contributed by atoms with van der Waals surface area (Å²) in [5.74, 6) is 0.892. The predicted octanol–water partition coefficient (Wildman–Crippen LogP) is 5.78. The molecule has 0 saturated carbocycles. The molecule has 0 bridgehead atoms. The lowest BCUT2D eigenvalue weighted by Crippen LogP contribution is -2.40. The van der Waals surface area contributed by atoms with E-state index in [9.17, 15) is 13.2 Å². The quantitative estimate of drug-likeness (QED) is 0.226. The number of aromatic nitrogens is 5. The van der Waals surface area contributed by atoms with Gasteiger partial charge in [0.2, 0.25) is 16.0 Å². The molecule has 0 spiro atoms. The predicted molar refractivity (Wildman–Crippen MR) is 187 cm³/mol. The standard InChI is InChI=1S/C33H35ClN8O3S2/c1-40-13-3-4-23(19-40)21-5-8-25(9-6-21)37-33-35-18-24-16-28(27-10-7-22(17-29(27)34)31-39-36-20-46-31)32(43)42(30(24)38-33)26-11-14-41(15-12-26)47(2,44)45/h5-10,16-18,20,23,26H,3-4,11-15,19H2,1-2H3,(H,35,37,38). The maximum atomic E-state index is 14.4. The summed E-state index contributed by atoms with van der Waals surface area (Å²) in [5.41, 5.74) is 5.89. The minimum atomic E-state index is -3.34. The van der Waals surface area contributed by atoms with Crippen LogP contribution in [0.15, 0.2) is 65.0 Å². The number of nitrogens with zero attached hydrogens (tertiary/aromatic N) is 7. The molecule has 3 aromatic heterocycles. The molecule has 2 aliphatic rings. The second-order valence-corrected chi connectivity index (χ2v) is 15.6. The Balaban J connectivity index is 1.25. The SMILES string of the molecule is CN1CCCC(c2ccc(Nc3ncc4cc(-c5ccc(-c6nncs6)cc5Cl)c(=O)n(C5CCN(S(C)(=O)=O)CC5)c4n3)cc2)C1. The van der Waals surface area contributed by atoms with Crippen molar-refractivity contribution in [2.75, 3.05) is 44.8 Å². The van der Waals surface area contributed by atoms with E-state index < -0.39 is 10.0 Å². The van der Waals surface area contributed by atoms with E-state index in [1.807, 2.05) is 24.3 Å². The van der Waals surface area contributed by atoms with E-state index in [-0.39, 0.29) is 11.6 Å². The molecule has 2 aromatic carbocycles. The topological polar surface area (TPSA) is 126 Å². The van der Waals surface area contributed by atoms with Gasteiger partial charge in [-0.05, 0) is 75.0 Å². The van der Waals surface area contributed by atoms with E-state index in [0.29, 0.717) is 65.0 Å². The fourth-order valence-corrected chi connectivity index (χ4v) is 8.42. The first-order valence-corrected chi connectivity index (χ1v) is 18.7. The van der Waals surface area contributed by atoms with Gasteiger partial charge in [-0.2, -0.15) is 4.98 Å². The Kier molecular flexibility index (Phi) is 8.83. The minimum Gasteiger partial charge on any atom is -0.324 e. The van der Waals surface area contributed by atoms with Crippen LogP contribution in [-0.2, 0) is 10.0 Å². The Hall–Kier alpha value is -3.75. The van der Waals surface area contributed by atoms with Gasteiger partial charge in [-0.15, -0.1) is 10.2 Å². The number of likely N-dealkylation sites (tertiary alicyclic amines) is 1. The average Bonchev–Trinajstić information content (AvgIpc) is 3.60. The largest absolute Gasteiger partial charge is 0.324 e. The van der Waals surface area contributed by atoms with Crippen LogP contribution in [0.2, 0.25) is 5.02 Å². The number of hydrogen-bond donors (Lipinski definition) is 1. The van der Waals surface area contributed by atoms with Crippen molar-refractivity contribution in [3.63, 3.8) is 0 Å². The van der Waals surface area contributed by atoms with Gasteiger partial charge in [0.05, 0.1) is 6.26 Å². The van der Waals surface area contributed by atoms with Crippen molar-refractivity contribution in [3.05, 3.63) is 81.2 Å². The third-order valence-electron chi connectivity index (χ3n) is 9.16. The number of fused-ring (bicyclic) bond motifs is 1. The monoisotopic (exact) mass is 690 g/mol. The highest BCUT2D eigenvalue weighted by atomic mass is 35.5. The van der Waals surface area contributed by atoms with E-state index in [2.05, 4.69) is 44.6 Å². The molecule has 1 atom stereocenters. The first-order valence-electron chi connectivity index (χ1n) is 15.6. The molecule has 0 amide bonds. The van der Waals surface area contributed by atoms with Gasteiger partial charge in [-0.1, -0.05) is 47.2 Å². The highest BCUT2D eigenvalue weighted by Gasteiger charge is 2.29. The number of likely N-dealkylation sites (N-methyl/N-ethyl adjacent to an activating group) is 1. The van der Waals surface area contributed by atoms with E-state index >= 15 is 0 Å². The number of benzene rings is 2. The lowest BCUT2D eigenvalue weighted by molar-refractivity contribution is 0.251. The van der Waals surface area contributed by atoms with Gasteiger partial charge < -0.3 is 10.2 Å². The molecule has 2 fully saturated rings. The zero-order chi connectivity index (χ0) is 32.7. The number of anilines is 2. The highest BCUT2D eigenvalue weighted by molar-refractivity contribution is 7.88. The van der Waals surface area contributed by atoms with Crippen molar-refractivity contribution in [1.82, 2.24) is 33.9 Å². The molecule has 5 aromatic rings. The van der Waals surface area contributed by atoms with E-state index in [0.717, 1.165) is 29.3 Å². The third-order valence-corrected chi connectivity index (χ3v) is 11.5. The molecule has 1 N–H and O–H groups in total. The van der Waals surface area contributed by atoms with Crippen molar-refractivity contribution in [3.8, 4) is 21.7 Å². The third kappa shape index (κ3) is 6.68. The molecule has 2 saturated heterocycles. The van der Waals surface area contributed by atoms with E-state index in [1.54, 1.807) is 28.4 Å². The van der Waals surface area contributed by atoms with Crippen LogP contribution in [0.4, 0.5) is 11.6 Å². The summed E-state index contributed by atoms with van der Waals surface area (Å²) in [6.07, 6.45) is 6.26. The molecular formula is C33H35ClN8O3S2. The lowest BCUT2D eigenvalue weighted by atomic mass is 9.91. The van der Waals surface area contributed by atoms with Gasteiger partial charge >= 0.3 is 0 Å². The summed E-state index contributed by atoms with van der Waals surface area (Å²) in [6.45, 7) is 2.84. The molecular weight excluding hydrogens is 656 g/mol. The summed E-state index contributed by atoms with van der Waals surface area (Å²) in [6, 6.07) is 15.4. The zero-order valence-electron chi connectivity index (χ0n) is 26.1. The number of halogens is 1. The van der Waals surface area contributed by atoms with Crippen molar-refractivity contribution >= 4 is 55.6 Å². The molecule has 5 heterocycles. The van der Waals surface area contributed by atoms with Crippen LogP contribution < -0.4 is 10.9 Å². The highest BCUT2D eigenvalue weighted by Crippen LogP contribution is 2.34. The Morgan fingerprint density at radius 1 is 1.00 bits per heavy atom. The molecule has 0 aliphatic carbocycles. The first kappa shape index (κ1) is 31.8. The average molecular weight is 691 g/mol. The van der Waals surface area contributed by atoms with Crippen LogP contribution in [-0.4, -0.2) is 81.8 Å². The van der Waals surface area contributed by atoms with E-state index in [1.165, 1.54) is 40.3 Å². The van der Waals surface area contributed by atoms with Gasteiger partial charge in [-0.25, -0.2) is 17.7 Å². The summed E-state index contributed by atoms with van der Waals surface area (Å²) in [5, 5.41) is 13.2. The fourth-order valence-electron chi connectivity index (χ4n) is 6.72. The van der Waals surface area contributed by atoms with Crippen LogP contribution in [0.1, 0.15) is 43.2 Å². The summed E-state index contributed by atoms with van der Waals surface area (Å²) in [7, 11) is -1.17. The van der Waals surface area contributed by atoms with E-state index in [4.69, 9.17) is 16.6 Å². The number of hydrogen-bond acceptors (Lipinski definition) is 10. The number of sulfonamides is 1. The van der Waals surface area contributed by atoms with Crippen LogP contribution in [0, 0.1) is 0 Å². The molecule has 47 heavy (non-hydrogen) atoms. The number of piperidine rings is 2. The molecule has 7 rings (SSSR count). The van der Waals surface area contributed by atoms with Crippen LogP contribution in [0.25, 0.3) is 32.7 Å². The fraction of sp³-hybridized carbons (Fsp3) is 0.364. The Morgan fingerprint density at radius 2 is 1.79 bits per heavy atom. The van der Waals surface area contributed by atoms with Crippen LogP contribution >= 0.6 is 22.9 Å². The van der Waals surface area contributed by atoms with Gasteiger partial charge in [0.1, 0.15) is 16.2 Å². The second-order valence-electron chi connectivity index (χ2n) is 12.4. The number of rotatable bonds is 7. The van der Waals surface area contributed by atoms with Gasteiger partial charge in [0, 0.05) is 64.7 Å². The molecule has 2 aliphatic heterocycles. The maximum Gasteiger partial charge on any atom is 0.260 e. The van der Waals surface area contributed by atoms with Crippen molar-refractivity contribution in [2.45, 2.75) is 37.6 Å². The number of pyridine rings is 1.